The van der Waals surface area contributed by atoms with E-state index in [0.717, 1.165) is 16.2 Å². The van der Waals surface area contributed by atoms with E-state index in [-0.39, 0.29) is 51.8 Å². The molecule has 3 N–H and O–H groups in total. The summed E-state index contributed by atoms with van der Waals surface area (Å²) in [5, 5.41) is 18.8. The third-order valence-corrected chi connectivity index (χ3v) is 5.90. The second kappa shape index (κ2) is 8.61. The van der Waals surface area contributed by atoms with Crippen LogP contribution in [0.1, 0.15) is 12.6 Å². The molecule has 2 atom stereocenters. The molecule has 2 aliphatic heterocycles. The summed E-state index contributed by atoms with van der Waals surface area (Å²) >= 11 is 2.49. The fraction of sp³-hybridized carbons (Fsp3) is 0.357. The number of fused-ring (bicyclic) bond motifs is 1. The van der Waals surface area contributed by atoms with Crippen LogP contribution in [-0.4, -0.2) is 57.7 Å². The molecule has 3 rings (SSSR count). The number of nitrogens with two attached hydrogens (primary N) is 1. The predicted octanol–water partition coefficient (Wildman–Crippen LogP) is -4.50. The molecular formula is C14H14N5NaO5S2. The van der Waals surface area contributed by atoms with E-state index in [2.05, 4.69) is 20.3 Å². The van der Waals surface area contributed by atoms with Crippen LogP contribution in [-0.2, 0) is 19.2 Å². The first-order valence-electron chi connectivity index (χ1n) is 7.34. The van der Waals surface area contributed by atoms with Gasteiger partial charge in [-0.15, -0.1) is 23.1 Å². The number of nitrogen functional groups attached to an aromatic ring is 1. The number of thioether (sulfide) groups is 1. The molecule has 13 heteroatoms. The minimum absolute atomic E-state index is 0. The number of aliphatic carboxylic acids is 1. The first-order chi connectivity index (χ1) is 12.3. The standard InChI is InChI=1S/C14H15N5O5S2.Na/c1-5-3-25-12-8(11(21)19(12)9(5)13(22)23)17-10(20)7(18-24-2)6-4-26-14(15)16-6;/h4,8,12H,3H2,1-2H3,(H2,15,16)(H,17,20)(H,22,23);/q;+1/p-1/b18-7-;/t8?,12-;/m0./s1. The molecule has 138 valence electrons. The zero-order chi connectivity index (χ0) is 19.0. The van der Waals surface area contributed by atoms with Crippen LogP contribution >= 0.6 is 23.1 Å². The zero-order valence-corrected chi connectivity index (χ0v) is 18.3. The van der Waals surface area contributed by atoms with Gasteiger partial charge in [-0.3, -0.25) is 14.5 Å². The monoisotopic (exact) mass is 419 g/mol. The summed E-state index contributed by atoms with van der Waals surface area (Å²) in [4.78, 5) is 46.0. The number of hydrogen-bond acceptors (Lipinski definition) is 10. The number of nitrogens with one attached hydrogen (secondary N) is 1. The minimum Gasteiger partial charge on any atom is -0.543 e. The Bertz CT molecular complexity index is 855. The van der Waals surface area contributed by atoms with Crippen LogP contribution in [0.2, 0.25) is 0 Å². The van der Waals surface area contributed by atoms with Gasteiger partial charge < -0.3 is 25.8 Å². The van der Waals surface area contributed by atoms with Crippen molar-refractivity contribution in [1.82, 2.24) is 15.2 Å². The Balaban J connectivity index is 0.00000261. The fourth-order valence-corrected chi connectivity index (χ4v) is 4.50. The Labute approximate surface area is 184 Å². The summed E-state index contributed by atoms with van der Waals surface area (Å²) in [6.07, 6.45) is 0. The number of amides is 2. The fourth-order valence-electron chi connectivity index (χ4n) is 2.66. The Hall–Kier alpha value is -1.60. The van der Waals surface area contributed by atoms with Gasteiger partial charge in [-0.1, -0.05) is 5.16 Å². The first kappa shape index (κ1) is 21.7. The molecule has 0 saturated carbocycles. The largest absolute Gasteiger partial charge is 1.00 e. The average molecular weight is 419 g/mol. The molecule has 2 aliphatic rings. The molecule has 0 bridgehead atoms. The van der Waals surface area contributed by atoms with Crippen molar-refractivity contribution in [3.05, 3.63) is 22.3 Å². The topological polar surface area (TPSA) is 150 Å². The van der Waals surface area contributed by atoms with Crippen molar-refractivity contribution in [3.8, 4) is 0 Å². The summed E-state index contributed by atoms with van der Waals surface area (Å²) in [5.74, 6) is -2.18. The summed E-state index contributed by atoms with van der Waals surface area (Å²) in [6.45, 7) is 1.63. The van der Waals surface area contributed by atoms with Gasteiger partial charge in [-0.2, -0.15) is 0 Å². The maximum absolute atomic E-state index is 12.5. The van der Waals surface area contributed by atoms with Gasteiger partial charge in [0, 0.05) is 11.1 Å². The number of carboxylic acid groups (broad SMARTS) is 1. The van der Waals surface area contributed by atoms with Crippen molar-refractivity contribution in [2.24, 2.45) is 5.16 Å². The van der Waals surface area contributed by atoms with E-state index in [1.807, 2.05) is 0 Å². The van der Waals surface area contributed by atoms with Gasteiger partial charge in [0.1, 0.15) is 24.2 Å². The number of hydrogen-bond donors (Lipinski definition) is 2. The minimum atomic E-state index is -1.41. The van der Waals surface area contributed by atoms with E-state index in [9.17, 15) is 19.5 Å². The molecule has 0 aliphatic carbocycles. The molecule has 1 aromatic heterocycles. The van der Waals surface area contributed by atoms with Crippen LogP contribution in [0.4, 0.5) is 5.13 Å². The van der Waals surface area contributed by atoms with Crippen molar-refractivity contribution >= 4 is 51.7 Å². The molecule has 2 amide bonds. The van der Waals surface area contributed by atoms with Crippen LogP contribution in [0.25, 0.3) is 0 Å². The van der Waals surface area contributed by atoms with Gasteiger partial charge in [-0.25, -0.2) is 4.98 Å². The molecule has 0 spiro atoms. The molecule has 10 nitrogen and oxygen atoms in total. The maximum Gasteiger partial charge on any atom is 1.00 e. The Morgan fingerprint density at radius 3 is 2.78 bits per heavy atom. The van der Waals surface area contributed by atoms with Crippen LogP contribution in [0, 0.1) is 0 Å². The van der Waals surface area contributed by atoms with Crippen molar-refractivity contribution in [1.29, 1.82) is 0 Å². The van der Waals surface area contributed by atoms with Gasteiger partial charge in [-0.05, 0) is 12.5 Å². The number of carbonyl (C=O) groups excluding carboxylic acids is 3. The Morgan fingerprint density at radius 1 is 1.52 bits per heavy atom. The van der Waals surface area contributed by atoms with Crippen LogP contribution < -0.4 is 45.7 Å². The number of nitrogens with zero attached hydrogens (tertiary/aromatic N) is 3. The summed E-state index contributed by atoms with van der Waals surface area (Å²) < 4.78 is 0. The third-order valence-electron chi connectivity index (χ3n) is 3.80. The van der Waals surface area contributed by atoms with Gasteiger partial charge in [0.2, 0.25) is 0 Å². The van der Waals surface area contributed by atoms with Gasteiger partial charge in [0.25, 0.3) is 11.8 Å². The number of anilines is 1. The first-order valence-corrected chi connectivity index (χ1v) is 9.27. The predicted molar refractivity (Wildman–Crippen MR) is 92.8 cm³/mol. The van der Waals surface area contributed by atoms with Crippen LogP contribution in [0.15, 0.2) is 21.8 Å². The van der Waals surface area contributed by atoms with Gasteiger partial charge in [0.15, 0.2) is 10.8 Å². The molecule has 3 heterocycles. The number of oxime groups is 1. The number of carboxylic acids is 1. The average Bonchev–Trinajstić information content (AvgIpc) is 3.02. The van der Waals surface area contributed by atoms with Gasteiger partial charge >= 0.3 is 29.6 Å². The SMILES string of the molecule is CO/N=C(\C(=O)NC1C(=O)N2C(C(=O)[O-])=C(C)CS[C@@H]12)c1csc(N)n1.[Na+]. The summed E-state index contributed by atoms with van der Waals surface area (Å²) in [7, 11) is 1.27. The van der Waals surface area contributed by atoms with Crippen molar-refractivity contribution in [2.45, 2.75) is 18.3 Å². The second-order valence-electron chi connectivity index (χ2n) is 5.47. The molecule has 1 unspecified atom stereocenters. The van der Waals surface area contributed by atoms with Gasteiger partial charge in [0.05, 0.1) is 11.7 Å². The molecular weight excluding hydrogens is 405 g/mol. The van der Waals surface area contributed by atoms with Crippen molar-refractivity contribution in [2.75, 3.05) is 18.6 Å². The Kier molecular flexibility index (Phi) is 6.92. The third kappa shape index (κ3) is 3.99. The quantitative estimate of drug-likeness (QED) is 0.210. The molecule has 0 aromatic carbocycles. The second-order valence-corrected chi connectivity index (χ2v) is 7.47. The van der Waals surface area contributed by atoms with Crippen LogP contribution in [0.3, 0.4) is 0 Å². The molecule has 1 fully saturated rings. The summed E-state index contributed by atoms with van der Waals surface area (Å²) in [6, 6.07) is -0.881. The van der Waals surface area contributed by atoms with E-state index in [4.69, 9.17) is 5.73 Å². The van der Waals surface area contributed by atoms with Crippen molar-refractivity contribution in [3.63, 3.8) is 0 Å². The molecule has 27 heavy (non-hydrogen) atoms. The van der Waals surface area contributed by atoms with Crippen LogP contribution in [0.5, 0.6) is 0 Å². The van der Waals surface area contributed by atoms with E-state index >= 15 is 0 Å². The number of thiazole rings is 1. The number of aromatic nitrogens is 1. The number of rotatable bonds is 5. The maximum atomic E-state index is 12.5. The molecule has 0 radical (unpaired) electrons. The molecule has 1 saturated heterocycles. The normalized spacial score (nSPS) is 21.8. The van der Waals surface area contributed by atoms with Crippen molar-refractivity contribution < 1.29 is 53.9 Å². The summed E-state index contributed by atoms with van der Waals surface area (Å²) in [5.41, 5.74) is 6.07. The van der Waals surface area contributed by atoms with E-state index < -0.39 is 29.2 Å². The van der Waals surface area contributed by atoms with E-state index in [1.165, 1.54) is 24.3 Å². The Morgan fingerprint density at radius 2 is 2.22 bits per heavy atom. The zero-order valence-electron chi connectivity index (χ0n) is 14.7. The molecule has 1 aromatic rings. The number of β-lactam (4-membered cyclic amide) rings is 1. The smallest absolute Gasteiger partial charge is 0.543 e. The number of carbonyl (C=O) groups is 3. The van der Waals surface area contributed by atoms with E-state index in [0.29, 0.717) is 11.3 Å². The van der Waals surface area contributed by atoms with E-state index in [1.54, 1.807) is 6.92 Å².